The Hall–Kier alpha value is -1.82. The highest BCUT2D eigenvalue weighted by atomic mass is 16.2. The van der Waals surface area contributed by atoms with Gasteiger partial charge in [0.15, 0.2) is 0 Å². The molecular formula is C17H20N2O. The number of carbonyl (C=O) groups excluding carboxylic acids is 1. The Morgan fingerprint density at radius 3 is 2.75 bits per heavy atom. The predicted molar refractivity (Wildman–Crippen MR) is 77.1 cm³/mol. The fraction of sp³-hybridized carbons (Fsp3) is 0.529. The Morgan fingerprint density at radius 2 is 2.05 bits per heavy atom. The lowest BCUT2D eigenvalue weighted by Crippen LogP contribution is -2.45. The summed E-state index contributed by atoms with van der Waals surface area (Å²) in [6.07, 6.45) is 6.93. The number of nitriles is 1. The van der Waals surface area contributed by atoms with Crippen LogP contribution < -0.4 is 5.32 Å². The van der Waals surface area contributed by atoms with Crippen molar-refractivity contribution in [2.24, 2.45) is 5.41 Å². The lowest BCUT2D eigenvalue weighted by Gasteiger charge is -2.33. The molecule has 1 aromatic carbocycles. The van der Waals surface area contributed by atoms with E-state index in [4.69, 9.17) is 5.26 Å². The SMILES string of the molecule is N#CC1(C(=O)NCCc2ccc3c(c2)CCC3)CCC1. The molecule has 0 bridgehead atoms. The van der Waals surface area contributed by atoms with E-state index in [9.17, 15) is 4.79 Å². The van der Waals surface area contributed by atoms with Crippen molar-refractivity contribution in [3.8, 4) is 6.07 Å². The van der Waals surface area contributed by atoms with Crippen molar-refractivity contribution in [2.45, 2.75) is 44.9 Å². The van der Waals surface area contributed by atoms with E-state index < -0.39 is 5.41 Å². The number of rotatable bonds is 4. The highest BCUT2D eigenvalue weighted by molar-refractivity contribution is 5.86. The topological polar surface area (TPSA) is 52.9 Å². The maximum absolute atomic E-state index is 12.0. The second-order valence-corrected chi connectivity index (χ2v) is 6.01. The number of benzene rings is 1. The van der Waals surface area contributed by atoms with Crippen LogP contribution in [-0.2, 0) is 24.1 Å². The zero-order valence-corrected chi connectivity index (χ0v) is 11.7. The van der Waals surface area contributed by atoms with Crippen LogP contribution in [0.2, 0.25) is 0 Å². The van der Waals surface area contributed by atoms with Crippen LogP contribution in [-0.4, -0.2) is 12.5 Å². The van der Waals surface area contributed by atoms with Gasteiger partial charge in [-0.2, -0.15) is 5.26 Å². The van der Waals surface area contributed by atoms with Gasteiger partial charge in [0.25, 0.3) is 0 Å². The number of fused-ring (bicyclic) bond motifs is 1. The Labute approximate surface area is 120 Å². The van der Waals surface area contributed by atoms with E-state index in [0.29, 0.717) is 19.4 Å². The minimum atomic E-state index is -0.724. The first-order valence-electron chi connectivity index (χ1n) is 7.54. The summed E-state index contributed by atoms with van der Waals surface area (Å²) in [4.78, 5) is 12.0. The molecule has 0 heterocycles. The largest absolute Gasteiger partial charge is 0.354 e. The predicted octanol–water partition coefficient (Wildman–Crippen LogP) is 2.53. The van der Waals surface area contributed by atoms with Crippen molar-refractivity contribution in [1.29, 1.82) is 5.26 Å². The van der Waals surface area contributed by atoms with E-state index in [2.05, 4.69) is 29.6 Å². The summed E-state index contributed by atoms with van der Waals surface area (Å²) in [5, 5.41) is 12.0. The minimum Gasteiger partial charge on any atom is -0.354 e. The number of hydrogen-bond acceptors (Lipinski definition) is 2. The molecule has 2 aliphatic rings. The molecule has 3 heteroatoms. The van der Waals surface area contributed by atoms with Crippen LogP contribution in [0.5, 0.6) is 0 Å². The number of aryl methyl sites for hydroxylation is 2. The average Bonchev–Trinajstić information content (AvgIpc) is 2.85. The van der Waals surface area contributed by atoms with Crippen LogP contribution in [0.1, 0.15) is 42.4 Å². The molecule has 0 aliphatic heterocycles. The fourth-order valence-electron chi connectivity index (χ4n) is 3.19. The van der Waals surface area contributed by atoms with Gasteiger partial charge in [0.05, 0.1) is 6.07 Å². The van der Waals surface area contributed by atoms with Crippen LogP contribution >= 0.6 is 0 Å². The molecule has 0 radical (unpaired) electrons. The molecule has 104 valence electrons. The van der Waals surface area contributed by atoms with E-state index >= 15 is 0 Å². The lowest BCUT2D eigenvalue weighted by atomic mass is 9.69. The van der Waals surface area contributed by atoms with Gasteiger partial charge in [-0.1, -0.05) is 18.2 Å². The zero-order chi connectivity index (χ0) is 14.0. The van der Waals surface area contributed by atoms with Gasteiger partial charge in [0.2, 0.25) is 5.91 Å². The summed E-state index contributed by atoms with van der Waals surface area (Å²) in [6, 6.07) is 8.85. The van der Waals surface area contributed by atoms with Crippen LogP contribution in [0, 0.1) is 16.7 Å². The number of hydrogen-bond donors (Lipinski definition) is 1. The third-order valence-electron chi connectivity index (χ3n) is 4.72. The average molecular weight is 268 g/mol. The van der Waals surface area contributed by atoms with Crippen molar-refractivity contribution < 1.29 is 4.79 Å². The Morgan fingerprint density at radius 1 is 1.25 bits per heavy atom. The number of carbonyl (C=O) groups is 1. The van der Waals surface area contributed by atoms with E-state index in [1.54, 1.807) is 0 Å². The fourth-order valence-corrected chi connectivity index (χ4v) is 3.19. The standard InChI is InChI=1S/C17H20N2O/c18-12-17(8-2-9-17)16(20)19-10-7-13-5-6-14-3-1-4-15(14)11-13/h5-6,11H,1-4,7-10H2,(H,19,20). The molecule has 0 saturated heterocycles. The van der Waals surface area contributed by atoms with Crippen LogP contribution in [0.4, 0.5) is 0 Å². The molecule has 1 N–H and O–H groups in total. The minimum absolute atomic E-state index is 0.0765. The van der Waals surface area contributed by atoms with E-state index in [1.165, 1.54) is 36.0 Å². The molecule has 1 fully saturated rings. The van der Waals surface area contributed by atoms with Crippen molar-refractivity contribution in [2.75, 3.05) is 6.54 Å². The van der Waals surface area contributed by atoms with Crippen molar-refractivity contribution in [1.82, 2.24) is 5.32 Å². The van der Waals surface area contributed by atoms with Crippen molar-refractivity contribution in [3.05, 3.63) is 34.9 Å². The molecule has 20 heavy (non-hydrogen) atoms. The first-order valence-corrected chi connectivity index (χ1v) is 7.54. The quantitative estimate of drug-likeness (QED) is 0.912. The summed E-state index contributed by atoms with van der Waals surface area (Å²) in [5.74, 6) is -0.0765. The first kappa shape index (κ1) is 13.2. The summed E-state index contributed by atoms with van der Waals surface area (Å²) >= 11 is 0. The maximum Gasteiger partial charge on any atom is 0.240 e. The molecule has 0 unspecified atom stereocenters. The number of nitrogens with zero attached hydrogens (tertiary/aromatic N) is 1. The molecule has 1 aromatic rings. The third-order valence-corrected chi connectivity index (χ3v) is 4.72. The third kappa shape index (κ3) is 2.31. The molecule has 0 aromatic heterocycles. The van der Waals surface area contributed by atoms with E-state index in [-0.39, 0.29) is 5.91 Å². The summed E-state index contributed by atoms with van der Waals surface area (Å²) in [5.41, 5.74) is 3.51. The van der Waals surface area contributed by atoms with Gasteiger partial charge in [-0.3, -0.25) is 4.79 Å². The molecule has 2 aliphatic carbocycles. The van der Waals surface area contributed by atoms with Crippen molar-refractivity contribution >= 4 is 5.91 Å². The maximum atomic E-state index is 12.0. The van der Waals surface area contributed by atoms with Gasteiger partial charge >= 0.3 is 0 Å². The van der Waals surface area contributed by atoms with Gasteiger partial charge in [-0.15, -0.1) is 0 Å². The van der Waals surface area contributed by atoms with Crippen molar-refractivity contribution in [3.63, 3.8) is 0 Å². The molecule has 1 saturated carbocycles. The summed E-state index contributed by atoms with van der Waals surface area (Å²) in [7, 11) is 0. The van der Waals surface area contributed by atoms with Crippen LogP contribution in [0.3, 0.4) is 0 Å². The van der Waals surface area contributed by atoms with Gasteiger partial charge in [-0.05, 0) is 61.6 Å². The Balaban J connectivity index is 1.53. The lowest BCUT2D eigenvalue weighted by molar-refractivity contribution is -0.131. The summed E-state index contributed by atoms with van der Waals surface area (Å²) in [6.45, 7) is 0.626. The monoisotopic (exact) mass is 268 g/mol. The van der Waals surface area contributed by atoms with E-state index in [1.807, 2.05) is 0 Å². The number of amides is 1. The second-order valence-electron chi connectivity index (χ2n) is 6.01. The highest BCUT2D eigenvalue weighted by Gasteiger charge is 2.44. The normalized spacial score (nSPS) is 18.8. The molecule has 3 rings (SSSR count). The summed E-state index contributed by atoms with van der Waals surface area (Å²) < 4.78 is 0. The highest BCUT2D eigenvalue weighted by Crippen LogP contribution is 2.40. The van der Waals surface area contributed by atoms with Gasteiger partial charge in [0.1, 0.15) is 5.41 Å². The Bertz CT molecular complexity index is 567. The first-order chi connectivity index (χ1) is 9.73. The second kappa shape index (κ2) is 5.28. The molecule has 1 amide bonds. The van der Waals surface area contributed by atoms with E-state index in [0.717, 1.165) is 12.8 Å². The van der Waals surface area contributed by atoms with Gasteiger partial charge in [-0.25, -0.2) is 0 Å². The molecule has 3 nitrogen and oxygen atoms in total. The van der Waals surface area contributed by atoms with Crippen LogP contribution in [0.15, 0.2) is 18.2 Å². The van der Waals surface area contributed by atoms with Gasteiger partial charge < -0.3 is 5.32 Å². The zero-order valence-electron chi connectivity index (χ0n) is 11.7. The molecule has 0 spiro atoms. The Kier molecular flexibility index (Phi) is 3.48. The smallest absolute Gasteiger partial charge is 0.240 e. The van der Waals surface area contributed by atoms with Gasteiger partial charge in [0, 0.05) is 6.54 Å². The number of nitrogens with one attached hydrogen (secondary N) is 1. The van der Waals surface area contributed by atoms with Crippen LogP contribution in [0.25, 0.3) is 0 Å². The molecular weight excluding hydrogens is 248 g/mol. The molecule has 0 atom stereocenters.